The number of anilines is 2. The van der Waals surface area contributed by atoms with Gasteiger partial charge in [-0.05, 0) is 108 Å². The van der Waals surface area contributed by atoms with Gasteiger partial charge >= 0.3 is 0 Å². The Labute approximate surface area is 725 Å². The van der Waals surface area contributed by atoms with E-state index in [0.717, 1.165) is 129 Å². The lowest BCUT2D eigenvalue weighted by atomic mass is 9.66. The zero-order valence-corrected chi connectivity index (χ0v) is 81.9. The van der Waals surface area contributed by atoms with Gasteiger partial charge in [0, 0.05) is 180 Å². The molecule has 3 unspecified atom stereocenters. The molecule has 2 aromatic rings. The summed E-state index contributed by atoms with van der Waals surface area (Å²) < 4.78 is 12.7. The van der Waals surface area contributed by atoms with Crippen LogP contribution in [0.25, 0.3) is 0 Å². The fourth-order valence-corrected chi connectivity index (χ4v) is 20.8. The molecule has 14 rings (SSSR count). The van der Waals surface area contributed by atoms with Gasteiger partial charge in [-0.3, -0.25) is 33.6 Å². The maximum absolute atomic E-state index is 12.2. The Balaban J connectivity index is 0.000000192. The molecule has 21 heteroatoms. The summed E-state index contributed by atoms with van der Waals surface area (Å²) in [6, 6.07) is 9.63. The number of hydrogen-bond donors (Lipinski definition) is 2. The highest BCUT2D eigenvalue weighted by Gasteiger charge is 2.56. The van der Waals surface area contributed by atoms with Crippen molar-refractivity contribution in [1.82, 2.24) is 24.7 Å². The van der Waals surface area contributed by atoms with Crippen molar-refractivity contribution >= 4 is 52.6 Å². The molecule has 8 saturated heterocycles. The minimum absolute atomic E-state index is 0.0636. The summed E-state index contributed by atoms with van der Waals surface area (Å²) >= 11 is 0. The number of Topliss-reactive ketones (excluding diaryl/α,β-unsaturated/α-hetero) is 2. The number of likely N-dealkylation sites (N-methyl/N-ethyl adjacent to an activating group) is 2. The summed E-state index contributed by atoms with van der Waals surface area (Å²) in [5.41, 5.74) is 7.42. The lowest BCUT2D eigenvalue weighted by Crippen LogP contribution is -2.66. The Bertz CT molecular complexity index is 3700. The Morgan fingerprint density at radius 2 is 1.06 bits per heavy atom. The SMILES string of the molecule is CC(C)C(=O)CC12CC[N+](C(C)C)(CC1)CC2.CC(C)C(=O)Cc1c[n+](C(C)C)n2c1NCC2.CC(C)C(=O)N1CC2(CC[N+](C)(C(C)C)CC2)C1.CC(C)C(=O)N1CC2=C(C1)C[N+](C)(C(C)C)C2.CC(C)C(=O)N1CCC2C1CC[N+]2(C)C(C)C.CC(C)C(=O)N1CCc2c1ccc[n+]2C(C)C.CC(C)C(=O)NCC[N+]1(C(C)C)CCCC1. The first-order valence-electron chi connectivity index (χ1n) is 47.8. The smallest absolute Gasteiger partial charge is 0.229 e. The summed E-state index contributed by atoms with van der Waals surface area (Å²) in [5, 5.41) is 6.41. The van der Waals surface area contributed by atoms with E-state index in [4.69, 9.17) is 0 Å². The van der Waals surface area contributed by atoms with Crippen LogP contribution < -0.4 is 24.8 Å². The van der Waals surface area contributed by atoms with Crippen molar-refractivity contribution < 1.29 is 65.2 Å². The summed E-state index contributed by atoms with van der Waals surface area (Å²) in [5.74, 6) is 4.26. The lowest BCUT2D eigenvalue weighted by molar-refractivity contribution is -0.964. The Morgan fingerprint density at radius 1 is 0.529 bits per heavy atom. The molecule has 0 radical (unpaired) electrons. The summed E-state index contributed by atoms with van der Waals surface area (Å²) in [4.78, 5) is 91.7. The first-order chi connectivity index (χ1) is 55.4. The van der Waals surface area contributed by atoms with Crippen LogP contribution in [-0.2, 0) is 52.9 Å². The molecule has 2 aromatic heterocycles. The third-order valence-corrected chi connectivity index (χ3v) is 31.0. The highest BCUT2D eigenvalue weighted by molar-refractivity contribution is 5.96. The molecule has 2 N–H and O–H groups in total. The number of quaternary nitrogens is 5. The molecule has 21 nitrogen and oxygen atoms in total. The number of nitrogens with one attached hydrogen (secondary N) is 2. The van der Waals surface area contributed by atoms with Crippen LogP contribution in [0, 0.1) is 52.3 Å². The average molecular weight is 1670 g/mol. The molecule has 5 amide bonds. The number of hydrogen-bond acceptors (Lipinski definition) is 8. The highest BCUT2D eigenvalue weighted by Crippen LogP contribution is 2.49. The number of fused-ring (bicyclic) bond motifs is 6. The Kier molecular flexibility index (Phi) is 35.4. The number of carbonyl (C=O) groups excluding carboxylic acids is 7. The van der Waals surface area contributed by atoms with Gasteiger partial charge in [-0.25, -0.2) is 0 Å². The van der Waals surface area contributed by atoms with Gasteiger partial charge in [0.1, 0.15) is 36.4 Å². The summed E-state index contributed by atoms with van der Waals surface area (Å²) in [7, 11) is 7.09. The van der Waals surface area contributed by atoms with Gasteiger partial charge in [-0.15, -0.1) is 9.36 Å². The van der Waals surface area contributed by atoms with E-state index in [0.29, 0.717) is 88.8 Å². The van der Waals surface area contributed by atoms with Crippen LogP contribution in [-0.4, -0.2) is 271 Å². The monoisotopic (exact) mass is 1660 g/mol. The lowest BCUT2D eigenvalue weighted by Gasteiger charge is -2.56. The number of ketones is 2. The second kappa shape index (κ2) is 41.9. The molecule has 676 valence electrons. The minimum Gasteiger partial charge on any atom is -0.365 e. The predicted molar refractivity (Wildman–Crippen MR) is 486 cm³/mol. The molecule has 0 aliphatic carbocycles. The molecule has 12 aliphatic rings. The van der Waals surface area contributed by atoms with Crippen LogP contribution in [0.3, 0.4) is 0 Å². The second-order valence-corrected chi connectivity index (χ2v) is 43.6. The number of pyridine rings is 1. The zero-order valence-electron chi connectivity index (χ0n) is 81.9. The predicted octanol–water partition coefficient (Wildman–Crippen LogP) is 14.1. The number of carbonyl (C=O) groups is 7. The van der Waals surface area contributed by atoms with Crippen molar-refractivity contribution in [3.63, 3.8) is 0 Å². The van der Waals surface area contributed by atoms with Crippen LogP contribution in [0.4, 0.5) is 11.5 Å². The number of likely N-dealkylation sites (tertiary alicyclic amines) is 5. The number of amides is 5. The van der Waals surface area contributed by atoms with E-state index >= 15 is 0 Å². The van der Waals surface area contributed by atoms with Gasteiger partial charge in [-0.1, -0.05) is 96.9 Å². The zero-order chi connectivity index (χ0) is 89.2. The van der Waals surface area contributed by atoms with Crippen LogP contribution in [0.5, 0.6) is 0 Å². The Morgan fingerprint density at radius 3 is 1.52 bits per heavy atom. The van der Waals surface area contributed by atoms with Gasteiger partial charge in [-0.2, -0.15) is 4.57 Å². The topological polar surface area (TPSA) is 169 Å². The van der Waals surface area contributed by atoms with E-state index in [2.05, 4.69) is 171 Å². The van der Waals surface area contributed by atoms with Crippen molar-refractivity contribution in [2.45, 2.75) is 332 Å². The quantitative estimate of drug-likeness (QED) is 0.0707. The largest absolute Gasteiger partial charge is 0.365 e. The van der Waals surface area contributed by atoms with Gasteiger partial charge in [0.25, 0.3) is 0 Å². The summed E-state index contributed by atoms with van der Waals surface area (Å²) in [6.45, 7) is 81.7. The molecule has 2 bridgehead atoms. The molecule has 0 saturated carbocycles. The molecule has 12 aliphatic heterocycles. The molecular formula is C98H179N14O7+7. The molecule has 0 aromatic carbocycles. The fraction of sp³-hybridized carbons (Fsp3) is 0.827. The van der Waals surface area contributed by atoms with Gasteiger partial charge in [0.2, 0.25) is 41.4 Å². The van der Waals surface area contributed by atoms with E-state index in [1.807, 2.05) is 113 Å². The van der Waals surface area contributed by atoms with E-state index in [1.165, 1.54) is 140 Å². The van der Waals surface area contributed by atoms with Crippen LogP contribution in [0.1, 0.15) is 281 Å². The maximum Gasteiger partial charge on any atom is 0.229 e. The van der Waals surface area contributed by atoms with Crippen LogP contribution in [0.15, 0.2) is 35.7 Å². The average Bonchev–Trinajstić information content (AvgIpc) is 0.951. The number of piperidine rings is 4. The minimum atomic E-state index is 0.0636. The molecule has 3 atom stereocenters. The van der Waals surface area contributed by atoms with Gasteiger partial charge in [0.15, 0.2) is 24.1 Å². The second-order valence-electron chi connectivity index (χ2n) is 43.6. The third kappa shape index (κ3) is 24.1. The van der Waals surface area contributed by atoms with Crippen LogP contribution >= 0.6 is 0 Å². The van der Waals surface area contributed by atoms with Crippen molar-refractivity contribution in [3.05, 3.63) is 46.9 Å². The standard InChI is InChI=1S/C15H29N2O.C15H28NO.C14H25N2O.C14H27N2O.C14H21N2O.C13H21N3O.C13H26N2O/c1-12(2)14(18)16-10-15(11-16)6-8-17(5,9-7-15)13(3)4;1-12(2)14(17)11-15-5-8-16(9-6-15,10-7-15)13(3)4;1-10(2)14(17)15-6-12-8-16(5,11(3)4)9-13(12)7-15;1-10(2)14(17)15-8-6-13-12(15)7-9-16(13,5)11(3)4;1-10(2)14(17)16-9-7-13-12(16)6-5-8-15(13)11(3)4;1-9(2)12(17)7-11-8-16(10(3)4)15-6-5-14-13(11)15;1-11(2)13(16)14-7-10-15(12(3)4)8-5-6-9-15/h12-13H,6-11H2,1-5H3;12-13H,5-11H2,1-4H3;10-11H,6-9H2,1-5H3;10-13H,6-9H2,1-5H3;5-6,8,10-11H,7,9H2,1-4H3;8-10H,5-7H2,1-4H3;11-12H,5-10H2,1-4H3/q5*+1;;/p+2. The highest BCUT2D eigenvalue weighted by atomic mass is 16.2. The fourth-order valence-electron chi connectivity index (χ4n) is 20.8. The molecule has 8 fully saturated rings. The molecule has 1 spiro atoms. The van der Waals surface area contributed by atoms with Crippen molar-refractivity contribution in [3.8, 4) is 0 Å². The van der Waals surface area contributed by atoms with Gasteiger partial charge < -0.3 is 52.6 Å². The number of rotatable bonds is 21. The number of aromatic nitrogens is 3. The Hall–Kier alpha value is -5.61. The van der Waals surface area contributed by atoms with Crippen molar-refractivity contribution in [2.75, 3.05) is 156 Å². The molecule has 14 heterocycles. The number of nitrogens with zero attached hydrogens (tertiary/aromatic N) is 12. The van der Waals surface area contributed by atoms with Crippen LogP contribution in [0.2, 0.25) is 0 Å². The molecular weight excluding hydrogens is 1490 g/mol. The van der Waals surface area contributed by atoms with E-state index in [-0.39, 0.29) is 53.2 Å². The van der Waals surface area contributed by atoms with Crippen molar-refractivity contribution in [2.24, 2.45) is 52.3 Å². The van der Waals surface area contributed by atoms with Crippen molar-refractivity contribution in [1.29, 1.82) is 0 Å². The van der Waals surface area contributed by atoms with E-state index in [9.17, 15) is 33.6 Å². The maximum atomic E-state index is 12.2. The molecule has 119 heavy (non-hydrogen) atoms. The third-order valence-electron chi connectivity index (χ3n) is 31.0. The van der Waals surface area contributed by atoms with Gasteiger partial charge in [0.05, 0.1) is 141 Å². The van der Waals surface area contributed by atoms with E-state index < -0.39 is 0 Å². The van der Waals surface area contributed by atoms with E-state index in [1.54, 1.807) is 0 Å². The summed E-state index contributed by atoms with van der Waals surface area (Å²) in [6.07, 6.45) is 18.1. The first kappa shape index (κ1) is 100. The normalized spacial score (nSPS) is 24.4. The first-order valence-corrected chi connectivity index (χ1v) is 47.8.